The van der Waals surface area contributed by atoms with Crippen molar-refractivity contribution in [3.8, 4) is 5.75 Å². The van der Waals surface area contributed by atoms with Gasteiger partial charge >= 0.3 is 11.9 Å². The van der Waals surface area contributed by atoms with Crippen molar-refractivity contribution >= 4 is 11.8 Å². The molecule has 0 aliphatic rings. The monoisotopic (exact) mass is 569 g/mol. The van der Waals surface area contributed by atoms with Crippen LogP contribution >= 0.6 is 0 Å². The number of carboxylic acid groups (broad SMARTS) is 1. The molecule has 0 unspecified atom stereocenters. The zero-order valence-corrected chi connectivity index (χ0v) is 23.5. The van der Waals surface area contributed by atoms with Gasteiger partial charge in [0.2, 0.25) is 5.82 Å². The maximum absolute atomic E-state index is 13.0. The quantitative estimate of drug-likeness (QED) is 0.269. The molecule has 1 N–H and O–H groups in total. The van der Waals surface area contributed by atoms with Gasteiger partial charge in [0.15, 0.2) is 0 Å². The van der Waals surface area contributed by atoms with E-state index in [2.05, 4.69) is 17.3 Å². The number of hydrogen-bond donors (Lipinski definition) is 1. The number of unbranched alkanes of at least 4 members (excludes halogenated alkanes) is 5. The Morgan fingerprint density at radius 2 is 1.75 bits per heavy atom. The number of benzene rings is 1. The van der Waals surface area contributed by atoms with Gasteiger partial charge in [-0.2, -0.15) is 13.2 Å². The van der Waals surface area contributed by atoms with Gasteiger partial charge in [-0.1, -0.05) is 44.7 Å². The largest absolute Gasteiger partial charge is 0.546 e. The number of rotatable bonds is 18. The third kappa shape index (κ3) is 11.1. The molecule has 0 amide bonds. The SMILES string of the molecule is CCCCCCCn1c(=O)c(NCCCCc2cccc(OC(C)(C)C(=O)[O-])c2)nn(CCCC(F)(F)F)c1=O. The van der Waals surface area contributed by atoms with Crippen LogP contribution in [0.3, 0.4) is 0 Å². The van der Waals surface area contributed by atoms with Crippen molar-refractivity contribution in [1.29, 1.82) is 0 Å². The van der Waals surface area contributed by atoms with Crippen LogP contribution in [-0.2, 0) is 24.3 Å². The van der Waals surface area contributed by atoms with Crippen LogP contribution < -0.4 is 26.4 Å². The Bertz CT molecular complexity index is 1210. The molecule has 0 bridgehead atoms. The van der Waals surface area contributed by atoms with Crippen molar-refractivity contribution in [2.75, 3.05) is 11.9 Å². The fraction of sp³-hybridized carbons (Fsp3) is 0.643. The summed E-state index contributed by atoms with van der Waals surface area (Å²) in [4.78, 5) is 37.0. The Hall–Kier alpha value is -3.31. The summed E-state index contributed by atoms with van der Waals surface area (Å²) in [6.45, 7) is 5.22. The maximum Gasteiger partial charge on any atom is 0.389 e. The number of aromatic nitrogens is 3. The van der Waals surface area contributed by atoms with Crippen LogP contribution in [0.2, 0.25) is 0 Å². The topological polar surface area (TPSA) is 118 Å². The van der Waals surface area contributed by atoms with Crippen LogP contribution in [0.5, 0.6) is 5.75 Å². The van der Waals surface area contributed by atoms with Gasteiger partial charge in [0.05, 0.1) is 5.97 Å². The molecular weight excluding hydrogens is 529 g/mol. The van der Waals surface area contributed by atoms with E-state index in [-0.39, 0.29) is 25.3 Å². The fourth-order valence-electron chi connectivity index (χ4n) is 4.08. The number of nitrogens with zero attached hydrogens (tertiary/aromatic N) is 3. The van der Waals surface area contributed by atoms with E-state index in [0.29, 0.717) is 31.6 Å². The van der Waals surface area contributed by atoms with Gasteiger partial charge in [0, 0.05) is 26.1 Å². The predicted molar refractivity (Wildman–Crippen MR) is 144 cm³/mol. The van der Waals surface area contributed by atoms with Crippen LogP contribution in [0.15, 0.2) is 33.9 Å². The second-order valence-corrected chi connectivity index (χ2v) is 10.4. The minimum absolute atomic E-state index is 0.0555. The molecule has 0 saturated carbocycles. The van der Waals surface area contributed by atoms with Crippen molar-refractivity contribution in [2.45, 2.75) is 110 Å². The molecule has 1 aromatic carbocycles. The number of anilines is 1. The lowest BCUT2D eigenvalue weighted by Crippen LogP contribution is -2.47. The van der Waals surface area contributed by atoms with Gasteiger partial charge in [0.25, 0.3) is 5.56 Å². The number of carboxylic acids is 1. The number of aryl methyl sites for hydroxylation is 2. The Balaban J connectivity index is 2.02. The number of carbonyl (C=O) groups is 1. The van der Waals surface area contributed by atoms with E-state index in [0.717, 1.165) is 46.9 Å². The molecule has 0 aliphatic carbocycles. The minimum atomic E-state index is -4.34. The molecule has 224 valence electrons. The highest BCUT2D eigenvalue weighted by atomic mass is 19.4. The predicted octanol–water partition coefficient (Wildman–Crippen LogP) is 4.06. The smallest absolute Gasteiger partial charge is 0.389 e. The first-order valence-corrected chi connectivity index (χ1v) is 13.9. The van der Waals surface area contributed by atoms with Gasteiger partial charge in [0.1, 0.15) is 11.4 Å². The second kappa shape index (κ2) is 15.5. The highest BCUT2D eigenvalue weighted by molar-refractivity contribution is 5.74. The lowest BCUT2D eigenvalue weighted by Gasteiger charge is -2.27. The van der Waals surface area contributed by atoms with Gasteiger partial charge in [-0.15, -0.1) is 5.10 Å². The van der Waals surface area contributed by atoms with Crippen LogP contribution in [0, 0.1) is 0 Å². The third-order valence-electron chi connectivity index (χ3n) is 6.38. The van der Waals surface area contributed by atoms with E-state index in [4.69, 9.17) is 4.74 Å². The second-order valence-electron chi connectivity index (χ2n) is 10.4. The normalized spacial score (nSPS) is 11.9. The molecule has 0 fully saturated rings. The van der Waals surface area contributed by atoms with Crippen molar-refractivity contribution < 1.29 is 27.8 Å². The highest BCUT2D eigenvalue weighted by Gasteiger charge is 2.26. The van der Waals surface area contributed by atoms with Gasteiger partial charge in [-0.05, 0) is 63.6 Å². The van der Waals surface area contributed by atoms with Gasteiger partial charge < -0.3 is 20.0 Å². The van der Waals surface area contributed by atoms with Crippen LogP contribution in [0.25, 0.3) is 0 Å². The summed E-state index contributed by atoms with van der Waals surface area (Å²) in [5, 5.41) is 18.2. The molecule has 0 saturated heterocycles. The average Bonchev–Trinajstić information content (AvgIpc) is 2.87. The molecular formula is C28H40F3N4O5-. The molecule has 1 heterocycles. The number of nitrogens with one attached hydrogen (secondary N) is 1. The Labute approximate surface area is 232 Å². The summed E-state index contributed by atoms with van der Waals surface area (Å²) in [6, 6.07) is 7.09. The molecule has 40 heavy (non-hydrogen) atoms. The minimum Gasteiger partial charge on any atom is -0.546 e. The van der Waals surface area contributed by atoms with E-state index in [9.17, 15) is 32.7 Å². The van der Waals surface area contributed by atoms with E-state index in [1.54, 1.807) is 18.2 Å². The van der Waals surface area contributed by atoms with Crippen molar-refractivity contribution in [3.63, 3.8) is 0 Å². The van der Waals surface area contributed by atoms with E-state index < -0.39 is 35.4 Å². The zero-order chi connectivity index (χ0) is 29.8. The average molecular weight is 570 g/mol. The molecule has 0 atom stereocenters. The Kier molecular flexibility index (Phi) is 12.7. The first-order chi connectivity index (χ1) is 18.8. The molecule has 2 aromatic rings. The molecule has 0 spiro atoms. The van der Waals surface area contributed by atoms with Crippen molar-refractivity contribution in [2.24, 2.45) is 0 Å². The molecule has 1 aromatic heterocycles. The summed E-state index contributed by atoms with van der Waals surface area (Å²) in [7, 11) is 0. The number of ether oxygens (including phenoxy) is 1. The zero-order valence-electron chi connectivity index (χ0n) is 23.5. The first kappa shape index (κ1) is 32.9. The molecule has 2 rings (SSSR count). The highest BCUT2D eigenvalue weighted by Crippen LogP contribution is 2.22. The number of hydrogen-bond acceptors (Lipinski definition) is 7. The van der Waals surface area contributed by atoms with E-state index in [1.807, 2.05) is 6.07 Å². The van der Waals surface area contributed by atoms with Crippen molar-refractivity contribution in [3.05, 3.63) is 50.7 Å². The molecule has 12 heteroatoms. The van der Waals surface area contributed by atoms with E-state index in [1.165, 1.54) is 13.8 Å². The lowest BCUT2D eigenvalue weighted by molar-refractivity contribution is -0.320. The molecule has 0 radical (unpaired) electrons. The number of aliphatic carboxylic acids is 1. The summed E-state index contributed by atoms with van der Waals surface area (Å²) >= 11 is 0. The summed E-state index contributed by atoms with van der Waals surface area (Å²) in [5.41, 5.74) is -1.81. The molecule has 9 nitrogen and oxygen atoms in total. The lowest BCUT2D eigenvalue weighted by atomic mass is 10.1. The number of alkyl halides is 3. The number of halogens is 3. The first-order valence-electron chi connectivity index (χ1n) is 13.9. The maximum atomic E-state index is 13.0. The fourth-order valence-corrected chi connectivity index (χ4v) is 4.08. The van der Waals surface area contributed by atoms with Crippen LogP contribution in [0.4, 0.5) is 19.0 Å². The van der Waals surface area contributed by atoms with Crippen molar-refractivity contribution in [1.82, 2.24) is 14.3 Å². The number of carbonyl (C=O) groups excluding carboxylic acids is 1. The Morgan fingerprint density at radius 3 is 2.42 bits per heavy atom. The van der Waals surface area contributed by atoms with Crippen LogP contribution in [-0.4, -0.2) is 38.6 Å². The summed E-state index contributed by atoms with van der Waals surface area (Å²) in [6.07, 6.45) is 0.863. The van der Waals surface area contributed by atoms with Gasteiger partial charge in [-0.3, -0.25) is 9.36 Å². The van der Waals surface area contributed by atoms with E-state index >= 15 is 0 Å². The standard InChI is InChI=1S/C28H41F3N4O5/c1-4-5-6-7-10-18-34-24(36)23(33-35(26(34)39)19-12-16-28(29,30)31)32-17-9-8-13-21-14-11-15-22(20-21)40-27(2,3)25(37)38/h11,14-15,20H,4-10,12-13,16-19H2,1-3H3,(H,32,33)(H,37,38)/p-1. The molecule has 0 aliphatic heterocycles. The Morgan fingerprint density at radius 1 is 1.02 bits per heavy atom. The summed E-state index contributed by atoms with van der Waals surface area (Å²) < 4.78 is 45.4. The van der Waals surface area contributed by atoms with Gasteiger partial charge in [-0.25, -0.2) is 9.48 Å². The summed E-state index contributed by atoms with van der Waals surface area (Å²) in [5.74, 6) is -0.961. The third-order valence-corrected chi connectivity index (χ3v) is 6.38. The van der Waals surface area contributed by atoms with Crippen LogP contribution in [0.1, 0.15) is 84.1 Å².